The van der Waals surface area contributed by atoms with Crippen molar-refractivity contribution in [2.24, 2.45) is 5.92 Å². The summed E-state index contributed by atoms with van der Waals surface area (Å²) in [5.74, 6) is 0.575. The molecule has 0 aromatic rings. The first-order valence-corrected chi connectivity index (χ1v) is 9.20. The van der Waals surface area contributed by atoms with Crippen LogP contribution in [0.4, 0.5) is 0 Å². The summed E-state index contributed by atoms with van der Waals surface area (Å²) in [6, 6.07) is 4.19. The van der Waals surface area contributed by atoms with E-state index in [4.69, 9.17) is 0 Å². The number of unbranched alkanes of at least 4 members (excludes halogenated alkanes) is 1. The van der Waals surface area contributed by atoms with Gasteiger partial charge in [-0.05, 0) is 70.4 Å². The largest absolute Gasteiger partial charge is 0.300 e. The van der Waals surface area contributed by atoms with E-state index in [1.54, 1.807) is 0 Å². The van der Waals surface area contributed by atoms with Crippen LogP contribution >= 0.6 is 0 Å². The highest BCUT2D eigenvalue weighted by Crippen LogP contribution is 2.40. The third kappa shape index (κ3) is 3.79. The van der Waals surface area contributed by atoms with Gasteiger partial charge in [0, 0.05) is 12.1 Å². The van der Waals surface area contributed by atoms with Crippen LogP contribution in [0, 0.1) is 17.2 Å². The lowest BCUT2D eigenvalue weighted by atomic mass is 9.85. The van der Waals surface area contributed by atoms with Crippen LogP contribution in [0.25, 0.3) is 0 Å². The summed E-state index contributed by atoms with van der Waals surface area (Å²) in [5, 5.41) is 13.5. The van der Waals surface area contributed by atoms with Gasteiger partial charge >= 0.3 is 0 Å². The Morgan fingerprint density at radius 1 is 1.19 bits per heavy atom. The van der Waals surface area contributed by atoms with Crippen LogP contribution in [0.15, 0.2) is 0 Å². The fraction of sp³-hybridized carbons (Fsp3) is 0.944. The number of nitrogens with zero attached hydrogens (tertiary/aromatic N) is 2. The van der Waals surface area contributed by atoms with Crippen LogP contribution in [0.3, 0.4) is 0 Å². The molecule has 0 aromatic carbocycles. The molecule has 3 heteroatoms. The molecule has 3 fully saturated rings. The molecule has 0 radical (unpaired) electrons. The maximum absolute atomic E-state index is 9.77. The fourth-order valence-electron chi connectivity index (χ4n) is 4.03. The van der Waals surface area contributed by atoms with E-state index >= 15 is 0 Å². The molecule has 0 aliphatic heterocycles. The van der Waals surface area contributed by atoms with E-state index < -0.39 is 0 Å². The van der Waals surface area contributed by atoms with Gasteiger partial charge in [0.1, 0.15) is 5.54 Å². The molecule has 0 aromatic heterocycles. The molecule has 1 N–H and O–H groups in total. The predicted molar refractivity (Wildman–Crippen MR) is 86.0 cm³/mol. The first kappa shape index (κ1) is 15.3. The molecule has 0 amide bonds. The highest BCUT2D eigenvalue weighted by Gasteiger charge is 2.46. The van der Waals surface area contributed by atoms with Crippen molar-refractivity contribution in [3.8, 4) is 6.07 Å². The molecule has 3 aliphatic carbocycles. The minimum atomic E-state index is -0.193. The Kier molecular flexibility index (Phi) is 4.86. The first-order chi connectivity index (χ1) is 10.3. The van der Waals surface area contributed by atoms with Crippen LogP contribution < -0.4 is 5.32 Å². The molecule has 118 valence electrons. The molecule has 0 heterocycles. The second-order valence-corrected chi connectivity index (χ2v) is 7.50. The van der Waals surface area contributed by atoms with E-state index in [0.717, 1.165) is 12.5 Å². The third-order valence-electron chi connectivity index (χ3n) is 5.69. The van der Waals surface area contributed by atoms with Crippen molar-refractivity contribution in [2.45, 2.75) is 88.8 Å². The molecule has 0 bridgehead atoms. The fourth-order valence-corrected chi connectivity index (χ4v) is 4.03. The van der Waals surface area contributed by atoms with Crippen molar-refractivity contribution in [1.82, 2.24) is 10.2 Å². The lowest BCUT2D eigenvalue weighted by Gasteiger charge is -2.32. The molecular weight excluding hydrogens is 258 g/mol. The number of hydrogen-bond donors (Lipinski definition) is 1. The minimum absolute atomic E-state index is 0.193. The average molecular weight is 289 g/mol. The third-order valence-corrected chi connectivity index (χ3v) is 5.69. The summed E-state index contributed by atoms with van der Waals surface area (Å²) in [7, 11) is 0. The standard InChI is InChI=1S/C18H31N3/c1-2-3-12-21(17-8-9-17)13-10-15-5-4-11-18(15,14-19)20-16-6-7-16/h15-17,20H,2-13H2,1H3. The number of nitriles is 1. The van der Waals surface area contributed by atoms with Crippen molar-refractivity contribution in [1.29, 1.82) is 5.26 Å². The van der Waals surface area contributed by atoms with Crippen molar-refractivity contribution < 1.29 is 0 Å². The summed E-state index contributed by atoms with van der Waals surface area (Å²) in [6.07, 6.45) is 12.7. The summed E-state index contributed by atoms with van der Waals surface area (Å²) >= 11 is 0. The van der Waals surface area contributed by atoms with Gasteiger partial charge in [0.2, 0.25) is 0 Å². The smallest absolute Gasteiger partial charge is 0.109 e. The van der Waals surface area contributed by atoms with E-state index in [1.165, 1.54) is 70.9 Å². The van der Waals surface area contributed by atoms with Gasteiger partial charge in [-0.3, -0.25) is 5.32 Å². The highest BCUT2D eigenvalue weighted by atomic mass is 15.2. The number of hydrogen-bond acceptors (Lipinski definition) is 3. The molecule has 2 atom stereocenters. The lowest BCUT2D eigenvalue weighted by molar-refractivity contribution is 0.212. The van der Waals surface area contributed by atoms with Crippen molar-refractivity contribution >= 4 is 0 Å². The van der Waals surface area contributed by atoms with Crippen molar-refractivity contribution in [3.63, 3.8) is 0 Å². The zero-order valence-corrected chi connectivity index (χ0v) is 13.6. The Hall–Kier alpha value is -0.590. The molecule has 3 rings (SSSR count). The van der Waals surface area contributed by atoms with Gasteiger partial charge in [-0.2, -0.15) is 5.26 Å². The van der Waals surface area contributed by atoms with Crippen molar-refractivity contribution in [3.05, 3.63) is 0 Å². The van der Waals surface area contributed by atoms with Crippen LogP contribution in [-0.2, 0) is 0 Å². The number of nitrogens with one attached hydrogen (secondary N) is 1. The molecule has 0 spiro atoms. The molecular formula is C18H31N3. The van der Waals surface area contributed by atoms with Gasteiger partial charge in [-0.15, -0.1) is 0 Å². The van der Waals surface area contributed by atoms with E-state index in [9.17, 15) is 5.26 Å². The molecule has 3 aliphatic rings. The summed E-state index contributed by atoms with van der Waals surface area (Å²) in [4.78, 5) is 2.71. The lowest BCUT2D eigenvalue weighted by Crippen LogP contribution is -2.49. The van der Waals surface area contributed by atoms with Gasteiger partial charge < -0.3 is 4.90 Å². The monoisotopic (exact) mass is 289 g/mol. The Balaban J connectivity index is 1.53. The molecule has 3 saturated carbocycles. The summed E-state index contributed by atoms with van der Waals surface area (Å²) in [5.41, 5.74) is -0.193. The van der Waals surface area contributed by atoms with Gasteiger partial charge in [-0.25, -0.2) is 0 Å². The highest BCUT2D eigenvalue weighted by molar-refractivity contribution is 5.16. The Labute approximate surface area is 130 Å². The second kappa shape index (κ2) is 6.67. The molecule has 21 heavy (non-hydrogen) atoms. The van der Waals surface area contributed by atoms with Crippen LogP contribution in [0.1, 0.15) is 71.1 Å². The average Bonchev–Trinajstić information content (AvgIpc) is 3.39. The van der Waals surface area contributed by atoms with E-state index in [2.05, 4.69) is 23.2 Å². The summed E-state index contributed by atoms with van der Waals surface area (Å²) < 4.78 is 0. The quantitative estimate of drug-likeness (QED) is 0.706. The van der Waals surface area contributed by atoms with Crippen molar-refractivity contribution in [2.75, 3.05) is 13.1 Å². The Bertz CT molecular complexity index is 380. The van der Waals surface area contributed by atoms with Gasteiger partial charge in [0.05, 0.1) is 6.07 Å². The summed E-state index contributed by atoms with van der Waals surface area (Å²) in [6.45, 7) is 4.76. The number of rotatable bonds is 9. The zero-order valence-electron chi connectivity index (χ0n) is 13.6. The normalized spacial score (nSPS) is 32.5. The maximum atomic E-state index is 9.77. The Morgan fingerprint density at radius 3 is 2.62 bits per heavy atom. The molecule has 3 nitrogen and oxygen atoms in total. The SMILES string of the molecule is CCCCN(CCC1CCCC1(C#N)NC1CC1)C1CC1. The van der Waals surface area contributed by atoms with E-state index in [0.29, 0.717) is 12.0 Å². The molecule has 0 saturated heterocycles. The van der Waals surface area contributed by atoms with Gasteiger partial charge in [0.25, 0.3) is 0 Å². The van der Waals surface area contributed by atoms with Crippen LogP contribution in [0.2, 0.25) is 0 Å². The topological polar surface area (TPSA) is 39.1 Å². The second-order valence-electron chi connectivity index (χ2n) is 7.50. The molecule has 2 unspecified atom stereocenters. The minimum Gasteiger partial charge on any atom is -0.300 e. The van der Waals surface area contributed by atoms with E-state index in [1.807, 2.05) is 0 Å². The maximum Gasteiger partial charge on any atom is 0.109 e. The van der Waals surface area contributed by atoms with E-state index in [-0.39, 0.29) is 5.54 Å². The zero-order chi connectivity index (χ0) is 14.7. The first-order valence-electron chi connectivity index (χ1n) is 9.20. The van der Waals surface area contributed by atoms with Gasteiger partial charge in [0.15, 0.2) is 0 Å². The van der Waals surface area contributed by atoms with Crippen LogP contribution in [0.5, 0.6) is 0 Å². The van der Waals surface area contributed by atoms with Crippen LogP contribution in [-0.4, -0.2) is 35.6 Å². The van der Waals surface area contributed by atoms with Gasteiger partial charge in [-0.1, -0.05) is 19.8 Å². The predicted octanol–water partition coefficient (Wildman–Crippen LogP) is 3.46. The Morgan fingerprint density at radius 2 is 2.00 bits per heavy atom.